The van der Waals surface area contributed by atoms with Crippen LogP contribution in [0.3, 0.4) is 0 Å². The minimum Gasteiger partial charge on any atom is -0.340 e. The van der Waals surface area contributed by atoms with Crippen LogP contribution in [0.5, 0.6) is 0 Å². The lowest BCUT2D eigenvalue weighted by Crippen LogP contribution is -2.59. The number of H-pyrrole nitrogens is 1. The molecule has 1 unspecified atom stereocenters. The van der Waals surface area contributed by atoms with Gasteiger partial charge in [0.25, 0.3) is 11.8 Å². The average molecular weight is 589 g/mol. The summed E-state index contributed by atoms with van der Waals surface area (Å²) in [6, 6.07) is 2.95. The summed E-state index contributed by atoms with van der Waals surface area (Å²) in [7, 11) is 1.54. The highest BCUT2D eigenvalue weighted by Crippen LogP contribution is 2.42. The fourth-order valence-electron chi connectivity index (χ4n) is 5.54. The summed E-state index contributed by atoms with van der Waals surface area (Å²) in [5.74, 6) is -10.9. The standard InChI is InChI=1S/C26H27F7N6O2/c1-38-17(6-9-34-38)23(40)37-20(13-4-7-25(30,31)8-5-13)22-35-16-3-2-14(19(29)21(16)36-22)15(10-18(27)28)24(41)39-11-26(32,33)12-39/h2-3,6,9,13,15,18,20H,4-5,7-8,10-12H2,1H3,(H,35,36)(H,37,40)/t15?,20-/m0/s1. The van der Waals surface area contributed by atoms with E-state index >= 15 is 4.39 Å². The van der Waals surface area contributed by atoms with E-state index < -0.39 is 91.7 Å². The van der Waals surface area contributed by atoms with Crippen LogP contribution in [0.15, 0.2) is 24.4 Å². The van der Waals surface area contributed by atoms with Gasteiger partial charge in [0, 0.05) is 38.1 Å². The molecule has 2 aliphatic rings. The Hall–Kier alpha value is -3.65. The van der Waals surface area contributed by atoms with E-state index in [9.17, 15) is 35.9 Å². The van der Waals surface area contributed by atoms with Crippen molar-refractivity contribution in [1.29, 1.82) is 0 Å². The Kier molecular flexibility index (Phi) is 7.49. The van der Waals surface area contributed by atoms with E-state index in [0.717, 1.165) is 6.07 Å². The van der Waals surface area contributed by atoms with Crippen molar-refractivity contribution >= 4 is 22.8 Å². The number of halogens is 7. The molecule has 1 aromatic carbocycles. The van der Waals surface area contributed by atoms with Crippen molar-refractivity contribution in [3.63, 3.8) is 0 Å². The third-order valence-corrected chi connectivity index (χ3v) is 7.75. The van der Waals surface area contributed by atoms with E-state index in [1.54, 1.807) is 7.05 Å². The van der Waals surface area contributed by atoms with E-state index in [-0.39, 0.29) is 35.4 Å². The zero-order valence-corrected chi connectivity index (χ0v) is 21.8. The molecule has 0 bridgehead atoms. The average Bonchev–Trinajstić information content (AvgIpc) is 3.51. The summed E-state index contributed by atoms with van der Waals surface area (Å²) >= 11 is 0. The molecule has 41 heavy (non-hydrogen) atoms. The van der Waals surface area contributed by atoms with Crippen molar-refractivity contribution in [2.24, 2.45) is 13.0 Å². The smallest absolute Gasteiger partial charge is 0.282 e. The number of hydrogen-bond acceptors (Lipinski definition) is 4. The summed E-state index contributed by atoms with van der Waals surface area (Å²) in [6.45, 7) is -1.89. The molecule has 2 amide bonds. The number of carbonyl (C=O) groups excluding carboxylic acids is 2. The second-order valence-electron chi connectivity index (χ2n) is 10.7. The minimum atomic E-state index is -3.14. The normalized spacial score (nSPS) is 20.2. The highest BCUT2D eigenvalue weighted by molar-refractivity contribution is 5.93. The first-order valence-electron chi connectivity index (χ1n) is 13.0. The number of aromatic nitrogens is 4. The number of imidazole rings is 1. The Morgan fingerprint density at radius 3 is 2.37 bits per heavy atom. The maximum Gasteiger partial charge on any atom is 0.282 e. The fourth-order valence-corrected chi connectivity index (χ4v) is 5.54. The third-order valence-electron chi connectivity index (χ3n) is 7.75. The minimum absolute atomic E-state index is 0.0412. The van der Waals surface area contributed by atoms with Gasteiger partial charge in [-0.05, 0) is 30.9 Å². The Balaban J connectivity index is 1.49. The van der Waals surface area contributed by atoms with Crippen molar-refractivity contribution in [3.8, 4) is 0 Å². The molecule has 1 saturated carbocycles. The number of carbonyl (C=O) groups is 2. The van der Waals surface area contributed by atoms with Crippen LogP contribution in [-0.2, 0) is 11.8 Å². The number of fused-ring (bicyclic) bond motifs is 1. The summed E-state index contributed by atoms with van der Waals surface area (Å²) in [4.78, 5) is 33.7. The first kappa shape index (κ1) is 28.9. The Bertz CT molecular complexity index is 1440. The monoisotopic (exact) mass is 588 g/mol. The second-order valence-corrected chi connectivity index (χ2v) is 10.7. The van der Waals surface area contributed by atoms with Crippen LogP contribution in [0.4, 0.5) is 30.7 Å². The van der Waals surface area contributed by atoms with Crippen molar-refractivity contribution in [2.45, 2.75) is 62.3 Å². The molecule has 2 atom stereocenters. The number of hydrogen-bond donors (Lipinski definition) is 2. The first-order valence-corrected chi connectivity index (χ1v) is 13.0. The second kappa shape index (κ2) is 10.6. The van der Waals surface area contributed by atoms with Gasteiger partial charge in [-0.3, -0.25) is 14.3 Å². The number of rotatable bonds is 8. The number of aryl methyl sites for hydroxylation is 1. The molecule has 1 aliphatic carbocycles. The maximum atomic E-state index is 15.8. The van der Waals surface area contributed by atoms with E-state index in [2.05, 4.69) is 20.4 Å². The first-order chi connectivity index (χ1) is 19.2. The third kappa shape index (κ3) is 5.89. The quantitative estimate of drug-likeness (QED) is 0.364. The number of alkyl halides is 6. The van der Waals surface area contributed by atoms with Gasteiger partial charge in [-0.25, -0.2) is 35.7 Å². The summed E-state index contributed by atoms with van der Waals surface area (Å²) in [5, 5.41) is 6.73. The van der Waals surface area contributed by atoms with E-state index in [1.807, 2.05) is 0 Å². The number of amides is 2. The van der Waals surface area contributed by atoms with Gasteiger partial charge in [-0.15, -0.1) is 0 Å². The topological polar surface area (TPSA) is 95.9 Å². The van der Waals surface area contributed by atoms with Crippen molar-refractivity contribution in [3.05, 3.63) is 47.3 Å². The summed E-state index contributed by atoms with van der Waals surface area (Å²) in [6.07, 6.45) is -3.45. The van der Waals surface area contributed by atoms with Crippen LogP contribution in [0.25, 0.3) is 11.0 Å². The van der Waals surface area contributed by atoms with E-state index in [0.29, 0.717) is 4.90 Å². The van der Waals surface area contributed by atoms with Crippen molar-refractivity contribution in [1.82, 2.24) is 30.0 Å². The summed E-state index contributed by atoms with van der Waals surface area (Å²) in [5.41, 5.74) is -0.449. The molecule has 8 nitrogen and oxygen atoms in total. The number of benzene rings is 1. The number of likely N-dealkylation sites (tertiary alicyclic amines) is 1. The Labute approximate surface area is 229 Å². The molecule has 5 rings (SSSR count). The molecule has 2 fully saturated rings. The predicted octanol–water partition coefficient (Wildman–Crippen LogP) is 4.95. The van der Waals surface area contributed by atoms with Gasteiger partial charge in [0.15, 0.2) is 5.82 Å². The van der Waals surface area contributed by atoms with Gasteiger partial charge < -0.3 is 15.2 Å². The van der Waals surface area contributed by atoms with E-state index in [1.165, 1.54) is 23.0 Å². The van der Waals surface area contributed by atoms with Crippen molar-refractivity contribution in [2.75, 3.05) is 13.1 Å². The molecule has 0 spiro atoms. The number of nitrogens with zero attached hydrogens (tertiary/aromatic N) is 4. The molecular formula is C26H27F7N6O2. The van der Waals surface area contributed by atoms with Gasteiger partial charge >= 0.3 is 0 Å². The number of aromatic amines is 1. The largest absolute Gasteiger partial charge is 0.340 e. The fraction of sp³-hybridized carbons (Fsp3) is 0.538. The lowest BCUT2D eigenvalue weighted by Gasteiger charge is -2.40. The van der Waals surface area contributed by atoms with Gasteiger partial charge in [0.1, 0.15) is 17.0 Å². The Morgan fingerprint density at radius 1 is 1.10 bits per heavy atom. The SMILES string of the molecule is Cn1nccc1C(=O)N[C@H](c1nc2c(F)c(C(CC(F)F)C(=O)N3CC(F)(F)C3)ccc2[nH]1)C1CCC(F)(F)CC1. The molecule has 1 saturated heterocycles. The zero-order valence-electron chi connectivity index (χ0n) is 21.8. The molecule has 2 aromatic heterocycles. The maximum absolute atomic E-state index is 15.8. The van der Waals surface area contributed by atoms with Crippen LogP contribution in [-0.4, -0.2) is 67.8 Å². The van der Waals surface area contributed by atoms with Crippen molar-refractivity contribution < 1.29 is 40.3 Å². The highest BCUT2D eigenvalue weighted by atomic mass is 19.3. The zero-order chi connectivity index (χ0) is 29.7. The molecule has 3 aromatic rings. The van der Waals surface area contributed by atoms with Crippen LogP contribution in [0.1, 0.15) is 65.9 Å². The van der Waals surface area contributed by atoms with Crippen LogP contribution < -0.4 is 5.32 Å². The molecule has 222 valence electrons. The van der Waals surface area contributed by atoms with E-state index in [4.69, 9.17) is 0 Å². The molecule has 2 N–H and O–H groups in total. The van der Waals surface area contributed by atoms with Gasteiger partial charge in [-0.1, -0.05) is 6.07 Å². The molecule has 15 heteroatoms. The lowest BCUT2D eigenvalue weighted by molar-refractivity contribution is -0.168. The van der Waals surface area contributed by atoms with Crippen LogP contribution >= 0.6 is 0 Å². The predicted molar refractivity (Wildman–Crippen MR) is 131 cm³/mol. The van der Waals surface area contributed by atoms with Crippen LogP contribution in [0.2, 0.25) is 0 Å². The lowest BCUT2D eigenvalue weighted by atomic mass is 9.81. The molecular weight excluding hydrogens is 561 g/mol. The summed E-state index contributed by atoms with van der Waals surface area (Å²) < 4.78 is 98.4. The van der Waals surface area contributed by atoms with Gasteiger partial charge in [0.2, 0.25) is 18.3 Å². The van der Waals surface area contributed by atoms with Gasteiger partial charge in [0.05, 0.1) is 30.6 Å². The molecule has 3 heterocycles. The van der Waals surface area contributed by atoms with Crippen LogP contribution in [0, 0.1) is 11.7 Å². The Morgan fingerprint density at radius 2 is 1.78 bits per heavy atom. The molecule has 0 radical (unpaired) electrons. The highest BCUT2D eigenvalue weighted by Gasteiger charge is 2.48. The molecule has 1 aliphatic heterocycles. The van der Waals surface area contributed by atoms with Gasteiger partial charge in [-0.2, -0.15) is 5.10 Å². The number of nitrogens with one attached hydrogen (secondary N) is 2.